The number of para-hydroxylation sites is 1. The Morgan fingerprint density at radius 2 is 1.75 bits per heavy atom. The van der Waals surface area contributed by atoms with Crippen LogP contribution >= 0.6 is 0 Å². The quantitative estimate of drug-likeness (QED) is 0.452. The van der Waals surface area contributed by atoms with Crippen molar-refractivity contribution in [3.8, 4) is 0 Å². The fraction of sp³-hybridized carbons (Fsp3) is 0.429. The summed E-state index contributed by atoms with van der Waals surface area (Å²) in [7, 11) is 0. The summed E-state index contributed by atoms with van der Waals surface area (Å²) in [6.07, 6.45) is 2.66. The minimum Gasteiger partial charge on any atom is -0.454 e. The molecule has 2 aromatic rings. The van der Waals surface area contributed by atoms with Crippen molar-refractivity contribution in [1.29, 1.82) is 0 Å². The van der Waals surface area contributed by atoms with Gasteiger partial charge in [0.05, 0.1) is 0 Å². The Bertz CT molecular complexity index is 1160. The van der Waals surface area contributed by atoms with Crippen molar-refractivity contribution in [2.75, 3.05) is 18.5 Å². The number of rotatable bonds is 7. The van der Waals surface area contributed by atoms with E-state index in [-0.39, 0.29) is 11.3 Å². The summed E-state index contributed by atoms with van der Waals surface area (Å²) < 4.78 is 5.11. The lowest BCUT2D eigenvalue weighted by atomic mass is 9.64. The van der Waals surface area contributed by atoms with Crippen molar-refractivity contribution in [2.24, 2.45) is 11.3 Å². The van der Waals surface area contributed by atoms with E-state index in [1.54, 1.807) is 6.07 Å². The van der Waals surface area contributed by atoms with E-state index in [1.165, 1.54) is 0 Å². The van der Waals surface area contributed by atoms with Gasteiger partial charge in [-0.1, -0.05) is 69.3 Å². The van der Waals surface area contributed by atoms with Crippen LogP contribution < -0.4 is 10.6 Å². The summed E-state index contributed by atoms with van der Waals surface area (Å²) in [4.78, 5) is 51.6. The minimum absolute atomic E-state index is 0.105. The van der Waals surface area contributed by atoms with Crippen molar-refractivity contribution >= 4 is 29.5 Å². The van der Waals surface area contributed by atoms with E-state index in [0.29, 0.717) is 24.9 Å². The molecule has 2 fully saturated rings. The van der Waals surface area contributed by atoms with Gasteiger partial charge in [-0.3, -0.25) is 19.3 Å². The van der Waals surface area contributed by atoms with Crippen LogP contribution in [0.4, 0.5) is 10.5 Å². The SMILES string of the molecule is CC1CC(C)(C)CC2(C1)NC(=O)N(CC(=O)OCC(=O)Nc1ccccc1Cc1ccccc1)C2=O. The van der Waals surface area contributed by atoms with Gasteiger partial charge in [-0.25, -0.2) is 4.79 Å². The van der Waals surface area contributed by atoms with E-state index in [9.17, 15) is 19.2 Å². The Kier molecular flexibility index (Phi) is 7.15. The van der Waals surface area contributed by atoms with Crippen LogP contribution in [0.1, 0.15) is 51.2 Å². The number of anilines is 1. The highest BCUT2D eigenvalue weighted by atomic mass is 16.5. The van der Waals surface area contributed by atoms with Crippen LogP contribution in [0.5, 0.6) is 0 Å². The zero-order valence-electron chi connectivity index (χ0n) is 21.0. The fourth-order valence-electron chi connectivity index (χ4n) is 5.77. The maximum atomic E-state index is 13.2. The first kappa shape index (κ1) is 25.4. The van der Waals surface area contributed by atoms with E-state index >= 15 is 0 Å². The molecule has 8 nitrogen and oxygen atoms in total. The molecule has 2 unspecified atom stereocenters. The molecule has 2 aliphatic rings. The smallest absolute Gasteiger partial charge is 0.326 e. The van der Waals surface area contributed by atoms with Gasteiger partial charge in [-0.05, 0) is 54.2 Å². The normalized spacial score (nSPS) is 22.9. The Balaban J connectivity index is 1.32. The third-order valence-electron chi connectivity index (χ3n) is 6.80. The first-order valence-electron chi connectivity index (χ1n) is 12.3. The number of nitrogens with one attached hydrogen (secondary N) is 2. The summed E-state index contributed by atoms with van der Waals surface area (Å²) in [5.74, 6) is -1.45. The molecular weight excluding hydrogens is 458 g/mol. The number of urea groups is 1. The van der Waals surface area contributed by atoms with Gasteiger partial charge in [-0.15, -0.1) is 0 Å². The Morgan fingerprint density at radius 1 is 1.06 bits per heavy atom. The molecule has 1 saturated heterocycles. The number of carbonyl (C=O) groups excluding carboxylic acids is 4. The lowest BCUT2D eigenvalue weighted by Crippen LogP contribution is -2.54. The predicted molar refractivity (Wildman–Crippen MR) is 135 cm³/mol. The van der Waals surface area contributed by atoms with Crippen LogP contribution in [-0.4, -0.2) is 47.4 Å². The van der Waals surface area contributed by atoms with Gasteiger partial charge in [0.2, 0.25) is 0 Å². The van der Waals surface area contributed by atoms with Crippen LogP contribution in [0.25, 0.3) is 0 Å². The van der Waals surface area contributed by atoms with Gasteiger partial charge >= 0.3 is 12.0 Å². The van der Waals surface area contributed by atoms with Crippen molar-refractivity contribution in [3.05, 3.63) is 65.7 Å². The number of benzene rings is 2. The zero-order valence-corrected chi connectivity index (χ0v) is 21.0. The van der Waals surface area contributed by atoms with Crippen LogP contribution in [0.3, 0.4) is 0 Å². The standard InChI is InChI=1S/C28H33N3O5/c1-19-14-27(2,3)18-28(15-19)25(34)31(26(35)30-28)16-24(33)36-17-23(32)29-22-12-8-7-11-21(22)13-20-9-5-4-6-10-20/h4-12,19H,13-18H2,1-3H3,(H,29,32)(H,30,35). The second-order valence-electron chi connectivity index (χ2n) is 10.8. The Labute approximate surface area is 211 Å². The van der Waals surface area contributed by atoms with E-state index < -0.39 is 42.5 Å². The number of ether oxygens (including phenoxy) is 1. The molecule has 4 amide bonds. The maximum Gasteiger partial charge on any atom is 0.326 e. The summed E-state index contributed by atoms with van der Waals surface area (Å²) in [6.45, 7) is 5.18. The van der Waals surface area contributed by atoms with E-state index in [4.69, 9.17) is 4.74 Å². The Morgan fingerprint density at radius 3 is 2.47 bits per heavy atom. The number of nitrogens with zero attached hydrogens (tertiary/aromatic N) is 1. The van der Waals surface area contributed by atoms with Crippen molar-refractivity contribution in [1.82, 2.24) is 10.2 Å². The molecule has 1 aliphatic heterocycles. The van der Waals surface area contributed by atoms with Crippen LogP contribution in [0.15, 0.2) is 54.6 Å². The highest BCUT2D eigenvalue weighted by Crippen LogP contribution is 2.46. The molecule has 1 heterocycles. The predicted octanol–water partition coefficient (Wildman–Crippen LogP) is 3.90. The number of hydrogen-bond donors (Lipinski definition) is 2. The largest absolute Gasteiger partial charge is 0.454 e. The summed E-state index contributed by atoms with van der Waals surface area (Å²) in [5, 5.41) is 5.62. The third kappa shape index (κ3) is 5.75. The number of hydrogen-bond acceptors (Lipinski definition) is 5. The van der Waals surface area contributed by atoms with Gasteiger partial charge in [0.1, 0.15) is 12.1 Å². The van der Waals surface area contributed by atoms with Gasteiger partial charge in [0.25, 0.3) is 11.8 Å². The lowest BCUT2D eigenvalue weighted by molar-refractivity contribution is -0.150. The van der Waals surface area contributed by atoms with Crippen molar-refractivity contribution in [3.63, 3.8) is 0 Å². The number of carbonyl (C=O) groups is 4. The first-order chi connectivity index (χ1) is 17.1. The second-order valence-corrected chi connectivity index (χ2v) is 10.8. The van der Waals surface area contributed by atoms with E-state index in [0.717, 1.165) is 22.4 Å². The molecule has 4 rings (SSSR count). The summed E-state index contributed by atoms with van der Waals surface area (Å²) >= 11 is 0. The minimum atomic E-state index is -0.988. The molecule has 8 heteroatoms. The number of amides is 4. The van der Waals surface area contributed by atoms with Gasteiger partial charge in [0, 0.05) is 5.69 Å². The van der Waals surface area contributed by atoms with E-state index in [2.05, 4.69) is 31.4 Å². The van der Waals surface area contributed by atoms with E-state index in [1.807, 2.05) is 48.5 Å². The van der Waals surface area contributed by atoms with Crippen LogP contribution in [0, 0.1) is 11.3 Å². The maximum absolute atomic E-state index is 13.2. The first-order valence-corrected chi connectivity index (χ1v) is 12.3. The highest BCUT2D eigenvalue weighted by Gasteiger charge is 2.56. The monoisotopic (exact) mass is 491 g/mol. The average molecular weight is 492 g/mol. The van der Waals surface area contributed by atoms with Crippen molar-refractivity contribution < 1.29 is 23.9 Å². The summed E-state index contributed by atoms with van der Waals surface area (Å²) in [5.41, 5.74) is 1.57. The van der Waals surface area contributed by atoms with Crippen molar-refractivity contribution in [2.45, 2.75) is 52.0 Å². The fourth-order valence-corrected chi connectivity index (χ4v) is 5.77. The zero-order chi connectivity index (χ0) is 25.9. The molecule has 0 aromatic heterocycles. The molecule has 2 aromatic carbocycles. The molecule has 1 spiro atoms. The second kappa shape index (κ2) is 10.1. The summed E-state index contributed by atoms with van der Waals surface area (Å²) in [6, 6.07) is 16.7. The van der Waals surface area contributed by atoms with Crippen LogP contribution in [-0.2, 0) is 25.5 Å². The highest BCUT2D eigenvalue weighted by molar-refractivity contribution is 6.09. The molecule has 2 N–H and O–H groups in total. The van der Waals surface area contributed by atoms with Crippen LogP contribution in [0.2, 0.25) is 0 Å². The van der Waals surface area contributed by atoms with Gasteiger partial charge < -0.3 is 15.4 Å². The lowest BCUT2D eigenvalue weighted by Gasteiger charge is -2.43. The average Bonchev–Trinajstić information content (AvgIpc) is 3.01. The number of imide groups is 1. The Hall–Kier alpha value is -3.68. The molecule has 2 atom stereocenters. The number of esters is 1. The molecule has 1 aliphatic carbocycles. The van der Waals surface area contributed by atoms with Gasteiger partial charge in [-0.2, -0.15) is 0 Å². The topological polar surface area (TPSA) is 105 Å². The third-order valence-corrected chi connectivity index (χ3v) is 6.80. The molecule has 1 saturated carbocycles. The van der Waals surface area contributed by atoms with Gasteiger partial charge in [0.15, 0.2) is 6.61 Å². The molecular formula is C28H33N3O5. The molecule has 190 valence electrons. The molecule has 0 radical (unpaired) electrons. The molecule has 36 heavy (non-hydrogen) atoms. The molecule has 0 bridgehead atoms.